The van der Waals surface area contributed by atoms with Gasteiger partial charge in [-0.2, -0.15) is 0 Å². The molecule has 84 valence electrons. The standard InChI is InChI=1S/C11H7N3O3/c15-14(16)8-3-7-6-17-10-5-12-2-1-9(10)11(7)13-4-8/h1-5H,6H2. The van der Waals surface area contributed by atoms with Gasteiger partial charge in [-0.3, -0.25) is 15.1 Å². The number of pyridine rings is 2. The molecule has 6 heteroatoms. The molecule has 0 saturated heterocycles. The lowest BCUT2D eigenvalue weighted by atomic mass is 10.0. The van der Waals surface area contributed by atoms with Crippen LogP contribution in [0.1, 0.15) is 5.56 Å². The van der Waals surface area contributed by atoms with E-state index in [4.69, 9.17) is 4.74 Å². The summed E-state index contributed by atoms with van der Waals surface area (Å²) in [5.41, 5.74) is 2.23. The van der Waals surface area contributed by atoms with Crippen molar-refractivity contribution >= 4 is 5.69 Å². The molecule has 0 N–H and O–H groups in total. The van der Waals surface area contributed by atoms with Crippen LogP contribution in [0.3, 0.4) is 0 Å². The van der Waals surface area contributed by atoms with E-state index in [9.17, 15) is 10.1 Å². The molecule has 0 spiro atoms. The lowest BCUT2D eigenvalue weighted by molar-refractivity contribution is -0.385. The fourth-order valence-electron chi connectivity index (χ4n) is 1.80. The molecule has 6 nitrogen and oxygen atoms in total. The Balaban J connectivity index is 2.18. The van der Waals surface area contributed by atoms with Gasteiger partial charge in [0, 0.05) is 23.4 Å². The summed E-state index contributed by atoms with van der Waals surface area (Å²) in [5, 5.41) is 10.6. The SMILES string of the molecule is O=[N+]([O-])c1cnc2c(c1)COc1cnccc1-2. The molecular weight excluding hydrogens is 222 g/mol. The number of rotatable bonds is 1. The van der Waals surface area contributed by atoms with E-state index in [1.807, 2.05) is 0 Å². The number of ether oxygens (including phenoxy) is 1. The summed E-state index contributed by atoms with van der Waals surface area (Å²) in [5.74, 6) is 0.654. The quantitative estimate of drug-likeness (QED) is 0.551. The Bertz CT molecular complexity index is 613. The Morgan fingerprint density at radius 2 is 2.29 bits per heavy atom. The summed E-state index contributed by atoms with van der Waals surface area (Å²) in [6, 6.07) is 3.28. The monoisotopic (exact) mass is 229 g/mol. The summed E-state index contributed by atoms with van der Waals surface area (Å²) in [6.07, 6.45) is 4.51. The normalized spacial score (nSPS) is 12.2. The van der Waals surface area contributed by atoms with E-state index >= 15 is 0 Å². The first kappa shape index (κ1) is 9.71. The van der Waals surface area contributed by atoms with Crippen LogP contribution in [0.25, 0.3) is 11.3 Å². The number of nitrogens with zero attached hydrogens (tertiary/aromatic N) is 3. The Labute approximate surface area is 96.1 Å². The van der Waals surface area contributed by atoms with Crippen LogP contribution in [0.5, 0.6) is 5.75 Å². The van der Waals surface area contributed by atoms with Crippen LogP contribution in [-0.4, -0.2) is 14.9 Å². The van der Waals surface area contributed by atoms with E-state index in [1.165, 1.54) is 12.3 Å². The van der Waals surface area contributed by atoms with Gasteiger partial charge >= 0.3 is 0 Å². The van der Waals surface area contributed by atoms with Crippen LogP contribution in [0, 0.1) is 10.1 Å². The van der Waals surface area contributed by atoms with Crippen LogP contribution in [0.4, 0.5) is 5.69 Å². The summed E-state index contributed by atoms with van der Waals surface area (Å²) < 4.78 is 5.46. The molecule has 2 aromatic heterocycles. The van der Waals surface area contributed by atoms with Gasteiger partial charge in [-0.05, 0) is 6.07 Å². The average Bonchev–Trinajstić information content (AvgIpc) is 2.38. The molecule has 0 atom stereocenters. The van der Waals surface area contributed by atoms with Gasteiger partial charge in [0.15, 0.2) is 0 Å². The number of hydrogen-bond donors (Lipinski definition) is 0. The third-order valence-corrected chi connectivity index (χ3v) is 2.59. The van der Waals surface area contributed by atoms with E-state index in [1.54, 1.807) is 18.5 Å². The molecule has 0 unspecified atom stereocenters. The zero-order valence-electron chi connectivity index (χ0n) is 8.66. The first-order chi connectivity index (χ1) is 8.25. The van der Waals surface area contributed by atoms with Crippen LogP contribution in [0.15, 0.2) is 30.7 Å². The van der Waals surface area contributed by atoms with Crippen molar-refractivity contribution in [3.05, 3.63) is 46.4 Å². The predicted molar refractivity (Wildman–Crippen MR) is 58.5 cm³/mol. The van der Waals surface area contributed by atoms with Gasteiger partial charge in [0.2, 0.25) is 0 Å². The summed E-state index contributed by atoms with van der Waals surface area (Å²) in [4.78, 5) is 18.3. The molecule has 0 aromatic carbocycles. The van der Waals surface area contributed by atoms with Crippen LogP contribution in [-0.2, 0) is 6.61 Å². The van der Waals surface area contributed by atoms with E-state index in [-0.39, 0.29) is 12.3 Å². The Morgan fingerprint density at radius 3 is 3.12 bits per heavy atom. The van der Waals surface area contributed by atoms with Crippen LogP contribution in [0.2, 0.25) is 0 Å². The lowest BCUT2D eigenvalue weighted by Gasteiger charge is -2.18. The Hall–Kier alpha value is -2.50. The highest BCUT2D eigenvalue weighted by Gasteiger charge is 2.21. The van der Waals surface area contributed by atoms with E-state index in [2.05, 4.69) is 9.97 Å². The Morgan fingerprint density at radius 1 is 1.41 bits per heavy atom. The second kappa shape index (κ2) is 3.51. The minimum Gasteiger partial charge on any atom is -0.486 e. The Kier molecular flexibility index (Phi) is 2.01. The molecule has 0 radical (unpaired) electrons. The third-order valence-electron chi connectivity index (χ3n) is 2.59. The minimum absolute atomic E-state index is 0.0233. The molecule has 17 heavy (non-hydrogen) atoms. The van der Waals surface area contributed by atoms with Crippen molar-refractivity contribution < 1.29 is 9.66 Å². The molecule has 0 saturated carbocycles. The van der Waals surface area contributed by atoms with Gasteiger partial charge in [-0.25, -0.2) is 4.98 Å². The van der Waals surface area contributed by atoms with Gasteiger partial charge in [0.1, 0.15) is 18.6 Å². The molecular formula is C11H7N3O3. The second-order valence-corrected chi connectivity index (χ2v) is 3.62. The zero-order valence-corrected chi connectivity index (χ0v) is 8.66. The minimum atomic E-state index is -0.463. The van der Waals surface area contributed by atoms with Crippen molar-refractivity contribution in [1.29, 1.82) is 0 Å². The molecule has 3 heterocycles. The number of fused-ring (bicyclic) bond motifs is 3. The first-order valence-electron chi connectivity index (χ1n) is 4.96. The van der Waals surface area contributed by atoms with Gasteiger partial charge in [0.05, 0.1) is 16.8 Å². The van der Waals surface area contributed by atoms with Gasteiger partial charge in [-0.1, -0.05) is 0 Å². The van der Waals surface area contributed by atoms with Crippen molar-refractivity contribution in [1.82, 2.24) is 9.97 Å². The smallest absolute Gasteiger partial charge is 0.288 e. The molecule has 0 bridgehead atoms. The fourth-order valence-corrected chi connectivity index (χ4v) is 1.80. The molecule has 1 aliphatic rings. The van der Waals surface area contributed by atoms with Crippen molar-refractivity contribution in [2.75, 3.05) is 0 Å². The van der Waals surface area contributed by atoms with E-state index in [0.29, 0.717) is 5.75 Å². The topological polar surface area (TPSA) is 78.2 Å². The van der Waals surface area contributed by atoms with E-state index in [0.717, 1.165) is 16.8 Å². The van der Waals surface area contributed by atoms with Crippen LogP contribution < -0.4 is 4.74 Å². The van der Waals surface area contributed by atoms with Gasteiger partial charge in [0.25, 0.3) is 5.69 Å². The largest absolute Gasteiger partial charge is 0.486 e. The van der Waals surface area contributed by atoms with Gasteiger partial charge < -0.3 is 4.74 Å². The maximum absolute atomic E-state index is 10.6. The average molecular weight is 229 g/mol. The second-order valence-electron chi connectivity index (χ2n) is 3.62. The zero-order chi connectivity index (χ0) is 11.8. The number of nitro groups is 1. The highest BCUT2D eigenvalue weighted by Crippen LogP contribution is 2.36. The molecule has 0 aliphatic carbocycles. The first-order valence-corrected chi connectivity index (χ1v) is 4.96. The lowest BCUT2D eigenvalue weighted by Crippen LogP contribution is -2.08. The highest BCUT2D eigenvalue weighted by atomic mass is 16.6. The molecule has 0 fully saturated rings. The molecule has 0 amide bonds. The predicted octanol–water partition coefficient (Wildman–Crippen LogP) is 1.94. The fraction of sp³-hybridized carbons (Fsp3) is 0.0909. The number of aromatic nitrogens is 2. The van der Waals surface area contributed by atoms with Crippen molar-refractivity contribution in [2.45, 2.75) is 6.61 Å². The van der Waals surface area contributed by atoms with Crippen molar-refractivity contribution in [3.8, 4) is 17.0 Å². The van der Waals surface area contributed by atoms with Gasteiger partial charge in [-0.15, -0.1) is 0 Å². The maximum Gasteiger partial charge on any atom is 0.288 e. The van der Waals surface area contributed by atoms with Crippen molar-refractivity contribution in [3.63, 3.8) is 0 Å². The summed E-state index contributed by atoms with van der Waals surface area (Å²) in [6.45, 7) is 0.280. The molecule has 1 aliphatic heterocycles. The third kappa shape index (κ3) is 1.50. The summed E-state index contributed by atoms with van der Waals surface area (Å²) in [7, 11) is 0. The molecule has 2 aromatic rings. The summed E-state index contributed by atoms with van der Waals surface area (Å²) >= 11 is 0. The maximum atomic E-state index is 10.6. The van der Waals surface area contributed by atoms with Crippen LogP contribution >= 0.6 is 0 Å². The van der Waals surface area contributed by atoms with E-state index < -0.39 is 4.92 Å². The highest BCUT2D eigenvalue weighted by molar-refractivity contribution is 5.71. The number of hydrogen-bond acceptors (Lipinski definition) is 5. The molecule has 3 rings (SSSR count). The van der Waals surface area contributed by atoms with Crippen molar-refractivity contribution in [2.24, 2.45) is 0 Å².